The van der Waals surface area contributed by atoms with Gasteiger partial charge in [-0.1, -0.05) is 18.7 Å². The van der Waals surface area contributed by atoms with E-state index in [4.69, 9.17) is 10.5 Å². The topological polar surface area (TPSA) is 188 Å². The molecular weight excluding hydrogens is 606 g/mol. The van der Waals surface area contributed by atoms with Crippen LogP contribution in [0.25, 0.3) is 11.3 Å². The number of phenols is 1. The summed E-state index contributed by atoms with van der Waals surface area (Å²) in [6.45, 7) is 6.14. The van der Waals surface area contributed by atoms with Gasteiger partial charge in [-0.2, -0.15) is 0 Å². The molecule has 0 spiro atoms. The van der Waals surface area contributed by atoms with Crippen LogP contribution in [0.4, 0.5) is 11.5 Å². The summed E-state index contributed by atoms with van der Waals surface area (Å²) in [4.78, 5) is 67.9. The number of fused-ring (bicyclic) bond motifs is 1. The second-order valence-electron chi connectivity index (χ2n) is 11.5. The molecule has 0 aliphatic carbocycles. The molecule has 5 amide bonds. The van der Waals surface area contributed by atoms with Crippen LogP contribution in [0.3, 0.4) is 0 Å². The van der Waals surface area contributed by atoms with Gasteiger partial charge in [-0.05, 0) is 49.6 Å². The Morgan fingerprint density at radius 1 is 0.979 bits per heavy atom. The fraction of sp³-hybridized carbons (Fsp3) is 0.303. The third kappa shape index (κ3) is 6.21. The number of nitrogens with one attached hydrogen (secondary N) is 1. The summed E-state index contributed by atoms with van der Waals surface area (Å²) in [7, 11) is 0. The van der Waals surface area contributed by atoms with Crippen molar-refractivity contribution in [1.82, 2.24) is 25.3 Å². The third-order valence-corrected chi connectivity index (χ3v) is 8.50. The maximum atomic E-state index is 13.2. The molecule has 47 heavy (non-hydrogen) atoms. The van der Waals surface area contributed by atoms with E-state index < -0.39 is 29.7 Å². The summed E-state index contributed by atoms with van der Waals surface area (Å²) in [6.07, 6.45) is 1.07. The zero-order valence-electron chi connectivity index (χ0n) is 25.5. The minimum Gasteiger partial charge on any atom is -0.507 e. The number of carbonyl (C=O) groups excluding carboxylic acids is 5. The van der Waals surface area contributed by atoms with E-state index in [9.17, 15) is 29.1 Å². The standard InChI is InChI=1S/C33H33N7O7/c1-19(5-4-16-47-27-18-24(36-37-29(27)34)22-6-2-3-7-26(22)41)31(44)39-14-12-38(13-15-39)20-8-9-21-23(17-20)33(46)40(32(21)45)25-10-11-28(42)35-30(25)43/h2-3,6-9,17-18,25,41H,1,4-5,10-16H2,(H2,34,37)(H,35,42,43). The zero-order valence-corrected chi connectivity index (χ0v) is 25.5. The number of imide groups is 2. The Morgan fingerprint density at radius 3 is 2.47 bits per heavy atom. The minimum atomic E-state index is -1.02. The molecule has 242 valence electrons. The molecule has 1 atom stereocenters. The first kappa shape index (κ1) is 31.2. The monoisotopic (exact) mass is 639 g/mol. The zero-order chi connectivity index (χ0) is 33.2. The molecule has 3 aliphatic rings. The highest BCUT2D eigenvalue weighted by molar-refractivity contribution is 6.23. The Balaban J connectivity index is 0.991. The Labute approximate surface area is 269 Å². The number of aromatic hydroxyl groups is 1. The maximum absolute atomic E-state index is 13.2. The molecule has 2 fully saturated rings. The predicted molar refractivity (Wildman–Crippen MR) is 169 cm³/mol. The minimum absolute atomic E-state index is 0.0550. The van der Waals surface area contributed by atoms with E-state index in [2.05, 4.69) is 22.1 Å². The third-order valence-electron chi connectivity index (χ3n) is 8.50. The summed E-state index contributed by atoms with van der Waals surface area (Å²) in [5, 5.41) is 20.3. The van der Waals surface area contributed by atoms with Gasteiger partial charge in [-0.15, -0.1) is 10.2 Å². The number of amides is 5. The lowest BCUT2D eigenvalue weighted by Gasteiger charge is -2.36. The normalized spacial score (nSPS) is 17.9. The Morgan fingerprint density at radius 2 is 1.72 bits per heavy atom. The second-order valence-corrected chi connectivity index (χ2v) is 11.5. The fourth-order valence-electron chi connectivity index (χ4n) is 5.94. The molecule has 0 bridgehead atoms. The van der Waals surface area contributed by atoms with Crippen LogP contribution in [-0.2, 0) is 14.4 Å². The van der Waals surface area contributed by atoms with Crippen molar-refractivity contribution in [2.24, 2.45) is 0 Å². The largest absolute Gasteiger partial charge is 0.507 e. The molecule has 2 aromatic carbocycles. The number of piperazine rings is 1. The van der Waals surface area contributed by atoms with Crippen molar-refractivity contribution in [2.75, 3.05) is 43.4 Å². The highest BCUT2D eigenvalue weighted by Gasteiger charge is 2.44. The molecule has 1 unspecified atom stereocenters. The van der Waals surface area contributed by atoms with E-state index in [-0.39, 0.29) is 48.0 Å². The molecule has 14 nitrogen and oxygen atoms in total. The molecule has 6 rings (SSSR count). The molecule has 1 aromatic heterocycles. The first-order valence-corrected chi connectivity index (χ1v) is 15.2. The summed E-state index contributed by atoms with van der Waals surface area (Å²) < 4.78 is 5.81. The van der Waals surface area contributed by atoms with Crippen LogP contribution in [-0.4, -0.2) is 93.5 Å². The number of ether oxygens (including phenoxy) is 1. The molecule has 14 heteroatoms. The average molecular weight is 640 g/mol. The lowest BCUT2D eigenvalue weighted by Crippen LogP contribution is -2.54. The number of aromatic nitrogens is 2. The van der Waals surface area contributed by atoms with Crippen LogP contribution in [0.5, 0.6) is 11.5 Å². The number of phenolic OH excluding ortho intramolecular Hbond substituents is 1. The van der Waals surface area contributed by atoms with E-state index in [1.54, 1.807) is 53.4 Å². The highest BCUT2D eigenvalue weighted by atomic mass is 16.5. The molecule has 3 aromatic rings. The maximum Gasteiger partial charge on any atom is 0.262 e. The van der Waals surface area contributed by atoms with Gasteiger partial charge in [0, 0.05) is 55.5 Å². The van der Waals surface area contributed by atoms with Crippen molar-refractivity contribution >= 4 is 41.0 Å². The number of piperidine rings is 1. The number of anilines is 2. The number of nitrogens with two attached hydrogens (primary N) is 1. The van der Waals surface area contributed by atoms with Crippen molar-refractivity contribution in [3.63, 3.8) is 0 Å². The first-order valence-electron chi connectivity index (χ1n) is 15.2. The van der Waals surface area contributed by atoms with Gasteiger partial charge in [0.2, 0.25) is 17.7 Å². The van der Waals surface area contributed by atoms with Crippen molar-refractivity contribution in [2.45, 2.75) is 31.7 Å². The van der Waals surface area contributed by atoms with E-state index in [1.807, 2.05) is 4.90 Å². The Hall–Kier alpha value is -5.79. The predicted octanol–water partition coefficient (Wildman–Crippen LogP) is 1.90. The number of nitrogens with zero attached hydrogens (tertiary/aromatic N) is 5. The molecular formula is C33H33N7O7. The Bertz CT molecular complexity index is 1800. The van der Waals surface area contributed by atoms with Crippen molar-refractivity contribution < 1.29 is 33.8 Å². The summed E-state index contributed by atoms with van der Waals surface area (Å²) in [5.74, 6) is -1.84. The van der Waals surface area contributed by atoms with E-state index in [0.717, 1.165) is 10.6 Å². The number of benzene rings is 2. The summed E-state index contributed by atoms with van der Waals surface area (Å²) in [6, 6.07) is 12.3. The van der Waals surface area contributed by atoms with Crippen LogP contribution in [0.15, 0.2) is 60.7 Å². The lowest BCUT2D eigenvalue weighted by atomic mass is 10.0. The van der Waals surface area contributed by atoms with Crippen molar-refractivity contribution in [1.29, 1.82) is 0 Å². The SMILES string of the molecule is C=C(CCCOc1cc(-c2ccccc2O)nnc1N)C(=O)N1CCN(c2ccc3c(c2)C(=O)N(C2CCC(=O)NC2=O)C3=O)CC1. The smallest absolute Gasteiger partial charge is 0.262 e. The fourth-order valence-corrected chi connectivity index (χ4v) is 5.94. The van der Waals surface area contributed by atoms with E-state index in [1.165, 1.54) is 0 Å². The highest BCUT2D eigenvalue weighted by Crippen LogP contribution is 2.32. The van der Waals surface area contributed by atoms with Gasteiger partial charge in [-0.25, -0.2) is 0 Å². The number of hydrogen-bond acceptors (Lipinski definition) is 11. The van der Waals surface area contributed by atoms with E-state index >= 15 is 0 Å². The van der Waals surface area contributed by atoms with Crippen LogP contribution in [0, 0.1) is 0 Å². The van der Waals surface area contributed by atoms with Gasteiger partial charge in [-0.3, -0.25) is 34.2 Å². The van der Waals surface area contributed by atoms with Gasteiger partial charge in [0.25, 0.3) is 11.8 Å². The van der Waals surface area contributed by atoms with E-state index in [0.29, 0.717) is 61.6 Å². The molecule has 0 radical (unpaired) electrons. The first-order chi connectivity index (χ1) is 22.6. The second kappa shape index (κ2) is 12.9. The van der Waals surface area contributed by atoms with Crippen molar-refractivity contribution in [3.05, 3.63) is 71.8 Å². The van der Waals surface area contributed by atoms with Crippen LogP contribution in [0.1, 0.15) is 46.4 Å². The quantitative estimate of drug-likeness (QED) is 0.176. The number of hydrogen-bond donors (Lipinski definition) is 3. The van der Waals surface area contributed by atoms with Crippen molar-refractivity contribution in [3.8, 4) is 22.8 Å². The summed E-state index contributed by atoms with van der Waals surface area (Å²) in [5.41, 5.74) is 8.46. The molecule has 4 N–H and O–H groups in total. The van der Waals surface area contributed by atoms with Gasteiger partial charge < -0.3 is 25.4 Å². The number of rotatable bonds is 9. The Kier molecular flexibility index (Phi) is 8.57. The molecule has 4 heterocycles. The van der Waals surface area contributed by atoms with Gasteiger partial charge >= 0.3 is 0 Å². The lowest BCUT2D eigenvalue weighted by molar-refractivity contribution is -0.136. The molecule has 3 aliphatic heterocycles. The number of para-hydroxylation sites is 1. The van der Waals surface area contributed by atoms with Crippen LogP contribution < -0.4 is 20.7 Å². The molecule has 0 saturated carbocycles. The number of carbonyl (C=O) groups is 5. The molecule has 2 saturated heterocycles. The summed E-state index contributed by atoms with van der Waals surface area (Å²) >= 11 is 0. The number of nitrogen functional groups attached to an aromatic ring is 1. The van der Waals surface area contributed by atoms with Gasteiger partial charge in [0.1, 0.15) is 17.5 Å². The average Bonchev–Trinajstić information content (AvgIpc) is 3.32. The van der Waals surface area contributed by atoms with Gasteiger partial charge in [0.05, 0.1) is 17.7 Å². The van der Waals surface area contributed by atoms with Gasteiger partial charge in [0.15, 0.2) is 11.6 Å². The van der Waals surface area contributed by atoms with Crippen LogP contribution >= 0.6 is 0 Å². The van der Waals surface area contributed by atoms with Crippen LogP contribution in [0.2, 0.25) is 0 Å².